The van der Waals surface area contributed by atoms with Gasteiger partial charge in [-0.3, -0.25) is 4.79 Å². The third-order valence-corrected chi connectivity index (χ3v) is 3.52. The van der Waals surface area contributed by atoms with Crippen molar-refractivity contribution >= 4 is 29.0 Å². The summed E-state index contributed by atoms with van der Waals surface area (Å²) in [7, 11) is 0. The molecular formula is C9H11F2NO2S2. The number of aliphatic hydroxyl groups excluding tert-OH is 1. The molecule has 3 nitrogen and oxygen atoms in total. The van der Waals surface area contributed by atoms with Gasteiger partial charge >= 0.3 is 0 Å². The Kier molecular flexibility index (Phi) is 5.17. The topological polar surface area (TPSA) is 49.3 Å². The van der Waals surface area contributed by atoms with Crippen LogP contribution in [0.2, 0.25) is 0 Å². The maximum atomic E-state index is 12.2. The van der Waals surface area contributed by atoms with E-state index in [0.29, 0.717) is 11.8 Å². The second-order valence-electron chi connectivity index (χ2n) is 3.05. The lowest BCUT2D eigenvalue weighted by atomic mass is 10.3. The number of nitrogens with one attached hydrogen (secondary N) is 1. The van der Waals surface area contributed by atoms with Crippen molar-refractivity contribution in [3.05, 3.63) is 16.3 Å². The van der Waals surface area contributed by atoms with Crippen LogP contribution in [0.25, 0.3) is 0 Å². The number of amides is 1. The monoisotopic (exact) mass is 267 g/mol. The largest absolute Gasteiger partial charge is 0.394 e. The van der Waals surface area contributed by atoms with Gasteiger partial charge in [-0.1, -0.05) is 11.8 Å². The van der Waals surface area contributed by atoms with Gasteiger partial charge in [-0.25, -0.2) is 0 Å². The number of halogens is 2. The Morgan fingerprint density at radius 1 is 1.69 bits per heavy atom. The van der Waals surface area contributed by atoms with Crippen LogP contribution in [0.4, 0.5) is 8.78 Å². The van der Waals surface area contributed by atoms with Crippen molar-refractivity contribution in [2.24, 2.45) is 0 Å². The normalized spacial score (nSPS) is 12.8. The molecule has 2 N–H and O–H groups in total. The first-order valence-corrected chi connectivity index (χ1v) is 6.24. The van der Waals surface area contributed by atoms with Crippen LogP contribution in [0.15, 0.2) is 16.3 Å². The molecule has 1 amide bonds. The number of aliphatic hydroxyl groups is 1. The first-order chi connectivity index (χ1) is 7.54. The number of hydrogen-bond donors (Lipinski definition) is 2. The smallest absolute Gasteiger partial charge is 0.288 e. The number of carbonyl (C=O) groups excluding carboxylic acids is 1. The van der Waals surface area contributed by atoms with Crippen LogP contribution in [0.5, 0.6) is 0 Å². The van der Waals surface area contributed by atoms with Crippen molar-refractivity contribution in [3.8, 4) is 0 Å². The zero-order chi connectivity index (χ0) is 12.1. The maximum absolute atomic E-state index is 12.2. The van der Waals surface area contributed by atoms with Gasteiger partial charge in [-0.2, -0.15) is 8.78 Å². The van der Waals surface area contributed by atoms with Gasteiger partial charge in [0, 0.05) is 10.9 Å². The zero-order valence-corrected chi connectivity index (χ0v) is 10.1. The molecule has 0 aliphatic carbocycles. The van der Waals surface area contributed by atoms with Gasteiger partial charge in [0.2, 0.25) is 0 Å². The first kappa shape index (κ1) is 13.4. The van der Waals surface area contributed by atoms with Crippen LogP contribution in [-0.4, -0.2) is 29.4 Å². The van der Waals surface area contributed by atoms with Crippen molar-refractivity contribution in [1.82, 2.24) is 5.32 Å². The lowest BCUT2D eigenvalue weighted by Crippen LogP contribution is -2.34. The van der Waals surface area contributed by atoms with Gasteiger partial charge in [-0.05, 0) is 18.4 Å². The summed E-state index contributed by atoms with van der Waals surface area (Å²) >= 11 is 1.45. The van der Waals surface area contributed by atoms with E-state index in [1.807, 2.05) is 0 Å². The highest BCUT2D eigenvalue weighted by molar-refractivity contribution is 7.99. The van der Waals surface area contributed by atoms with E-state index >= 15 is 0 Å². The molecule has 1 unspecified atom stereocenters. The van der Waals surface area contributed by atoms with E-state index in [1.165, 1.54) is 6.07 Å². The van der Waals surface area contributed by atoms with Gasteiger partial charge in [0.1, 0.15) is 4.88 Å². The Hall–Kier alpha value is -0.660. The van der Waals surface area contributed by atoms with Gasteiger partial charge in [-0.15, -0.1) is 11.3 Å². The molecule has 1 rings (SSSR count). The van der Waals surface area contributed by atoms with Crippen molar-refractivity contribution in [2.75, 3.05) is 6.61 Å². The van der Waals surface area contributed by atoms with E-state index in [-0.39, 0.29) is 22.4 Å². The van der Waals surface area contributed by atoms with E-state index in [1.54, 1.807) is 12.3 Å². The number of alkyl halides is 2. The van der Waals surface area contributed by atoms with Crippen molar-refractivity contribution < 1.29 is 18.7 Å². The van der Waals surface area contributed by atoms with E-state index < -0.39 is 11.7 Å². The van der Waals surface area contributed by atoms with Gasteiger partial charge in [0.05, 0.1) is 6.61 Å². The van der Waals surface area contributed by atoms with Gasteiger partial charge < -0.3 is 10.4 Å². The maximum Gasteiger partial charge on any atom is 0.288 e. The van der Waals surface area contributed by atoms with Crippen molar-refractivity contribution in [2.45, 2.75) is 23.6 Å². The van der Waals surface area contributed by atoms with Gasteiger partial charge in [0.25, 0.3) is 11.7 Å². The number of thioether (sulfide) groups is 1. The number of carbonyl (C=O) groups is 1. The molecule has 1 heterocycles. The second-order valence-corrected chi connectivity index (χ2v) is 5.00. The fourth-order valence-corrected chi connectivity index (χ4v) is 2.59. The van der Waals surface area contributed by atoms with Crippen molar-refractivity contribution in [3.63, 3.8) is 0 Å². The van der Waals surface area contributed by atoms with Crippen LogP contribution in [0.1, 0.15) is 16.6 Å². The molecule has 0 saturated carbocycles. The highest BCUT2D eigenvalue weighted by atomic mass is 32.2. The molecule has 0 saturated heterocycles. The summed E-state index contributed by atoms with van der Waals surface area (Å²) < 4.78 is 24.3. The minimum absolute atomic E-state index is 0.186. The molecule has 90 valence electrons. The highest BCUT2D eigenvalue weighted by Gasteiger charge is 2.18. The Morgan fingerprint density at radius 2 is 2.38 bits per heavy atom. The Balaban J connectivity index is 2.71. The fraction of sp³-hybridized carbons (Fsp3) is 0.444. The Labute approximate surface area is 99.9 Å². The molecule has 1 aromatic rings. The quantitative estimate of drug-likeness (QED) is 0.804. The molecule has 1 aromatic heterocycles. The summed E-state index contributed by atoms with van der Waals surface area (Å²) in [5.41, 5.74) is 0. The van der Waals surface area contributed by atoms with E-state index in [4.69, 9.17) is 5.11 Å². The number of thiophene rings is 1. The third-order valence-electron chi connectivity index (χ3n) is 1.70. The second kappa shape index (κ2) is 6.17. The summed E-state index contributed by atoms with van der Waals surface area (Å²) in [4.78, 5) is 12.1. The number of rotatable bonds is 5. The van der Waals surface area contributed by atoms with Crippen LogP contribution in [0.3, 0.4) is 0 Å². The molecule has 1 atom stereocenters. The van der Waals surface area contributed by atoms with E-state index in [9.17, 15) is 13.6 Å². The van der Waals surface area contributed by atoms with Gasteiger partial charge in [0.15, 0.2) is 0 Å². The summed E-state index contributed by atoms with van der Waals surface area (Å²) in [5.74, 6) is -2.98. The molecule has 0 bridgehead atoms. The average Bonchev–Trinajstić information content (AvgIpc) is 2.64. The van der Waals surface area contributed by atoms with Crippen LogP contribution in [0, 0.1) is 0 Å². The minimum atomic E-state index is -2.54. The molecule has 0 aliphatic rings. The highest BCUT2D eigenvalue weighted by Crippen LogP contribution is 2.31. The van der Waals surface area contributed by atoms with Crippen LogP contribution in [-0.2, 0) is 0 Å². The van der Waals surface area contributed by atoms with E-state index in [0.717, 1.165) is 11.3 Å². The predicted octanol–water partition coefficient (Wildman–Crippen LogP) is 2.17. The molecule has 0 radical (unpaired) electrons. The lowest BCUT2D eigenvalue weighted by molar-refractivity contribution is 0.0924. The average molecular weight is 267 g/mol. The molecule has 0 aliphatic heterocycles. The Morgan fingerprint density at radius 3 is 2.94 bits per heavy atom. The summed E-state index contributed by atoms with van der Waals surface area (Å²) in [6.45, 7) is 1.44. The summed E-state index contributed by atoms with van der Waals surface area (Å²) in [6.07, 6.45) is 0. The molecule has 7 heteroatoms. The molecular weight excluding hydrogens is 256 g/mol. The first-order valence-electron chi connectivity index (χ1n) is 4.48. The summed E-state index contributed by atoms with van der Waals surface area (Å²) in [5, 5.41) is 12.9. The third kappa shape index (κ3) is 3.73. The lowest BCUT2D eigenvalue weighted by Gasteiger charge is -2.10. The van der Waals surface area contributed by atoms with Crippen LogP contribution >= 0.6 is 23.1 Å². The minimum Gasteiger partial charge on any atom is -0.394 e. The molecule has 0 aromatic carbocycles. The number of hydrogen-bond acceptors (Lipinski definition) is 4. The Bertz CT molecular complexity index is 357. The predicted molar refractivity (Wildman–Crippen MR) is 60.2 cm³/mol. The SMILES string of the molecule is CC(CO)NC(=O)c1sccc1SC(F)F. The van der Waals surface area contributed by atoms with Crippen molar-refractivity contribution in [1.29, 1.82) is 0 Å². The van der Waals surface area contributed by atoms with E-state index in [2.05, 4.69) is 5.32 Å². The standard InChI is InChI=1S/C9H11F2NO2S2/c1-5(4-13)12-8(14)7-6(2-3-15-7)16-9(10)11/h2-3,5,9,13H,4H2,1H3,(H,12,14). The molecule has 16 heavy (non-hydrogen) atoms. The fourth-order valence-electron chi connectivity index (χ4n) is 0.987. The zero-order valence-electron chi connectivity index (χ0n) is 8.44. The summed E-state index contributed by atoms with van der Waals surface area (Å²) in [6, 6.07) is 1.10. The molecule has 0 spiro atoms. The van der Waals surface area contributed by atoms with Crippen LogP contribution < -0.4 is 5.32 Å². The molecule has 0 fully saturated rings.